The number of carbonyl (C=O) groups is 2. The first-order valence-corrected chi connectivity index (χ1v) is 18.3. The van der Waals surface area contributed by atoms with Crippen molar-refractivity contribution in [3.05, 3.63) is 105 Å². The number of nitrogens with zero attached hydrogens (tertiary/aromatic N) is 2. The number of dihydropyridines is 1. The zero-order valence-electron chi connectivity index (χ0n) is 31.2. The van der Waals surface area contributed by atoms with Gasteiger partial charge in [0.25, 0.3) is 0 Å². The van der Waals surface area contributed by atoms with Crippen LogP contribution < -0.4 is 31.3 Å². The van der Waals surface area contributed by atoms with Gasteiger partial charge in [-0.05, 0) is 86.6 Å². The van der Waals surface area contributed by atoms with Gasteiger partial charge in [0, 0.05) is 49.1 Å². The van der Waals surface area contributed by atoms with Crippen molar-refractivity contribution in [2.75, 3.05) is 32.6 Å². The van der Waals surface area contributed by atoms with Crippen molar-refractivity contribution in [3.8, 4) is 5.88 Å². The zero-order valence-corrected chi connectivity index (χ0v) is 32.0. The number of halogens is 4. The van der Waals surface area contributed by atoms with Crippen LogP contribution in [0, 0.1) is 0 Å². The third-order valence-corrected chi connectivity index (χ3v) is 10.1. The van der Waals surface area contributed by atoms with Crippen LogP contribution in [0.15, 0.2) is 71.4 Å². The van der Waals surface area contributed by atoms with Gasteiger partial charge >= 0.3 is 12.3 Å². The number of pyridine rings is 2. The van der Waals surface area contributed by atoms with Crippen LogP contribution in [0.3, 0.4) is 0 Å². The minimum atomic E-state index is -4.71. The second-order valence-electron chi connectivity index (χ2n) is 14.6. The number of nitrogens with one attached hydrogen (secondary N) is 5. The highest BCUT2D eigenvalue weighted by atomic mass is 35.5. The molecule has 2 aliphatic heterocycles. The fourth-order valence-corrected chi connectivity index (χ4v) is 7.68. The number of methoxy groups -OCH3 is 2. The van der Waals surface area contributed by atoms with Gasteiger partial charge in [-0.15, -0.1) is 0 Å². The average Bonchev–Trinajstić information content (AvgIpc) is 3.75. The number of hydrogen-bond acceptors (Lipinski definition) is 10. The number of fused-ring (bicyclic) bond motifs is 1. The van der Waals surface area contributed by atoms with Gasteiger partial charge in [0.15, 0.2) is 5.88 Å². The van der Waals surface area contributed by atoms with Crippen LogP contribution in [-0.2, 0) is 38.9 Å². The first-order chi connectivity index (χ1) is 26.1. The molecule has 5 N–H and O–H groups in total. The number of amides is 2. The van der Waals surface area contributed by atoms with E-state index >= 15 is 0 Å². The summed E-state index contributed by atoms with van der Waals surface area (Å²) in [6.07, 6.45) is 1.78. The van der Waals surface area contributed by atoms with Crippen LogP contribution in [0.1, 0.15) is 79.5 Å². The van der Waals surface area contributed by atoms with E-state index in [1.54, 1.807) is 39.2 Å². The molecule has 1 unspecified atom stereocenters. The summed E-state index contributed by atoms with van der Waals surface area (Å²) < 4.78 is 60.6. The van der Waals surface area contributed by atoms with Crippen molar-refractivity contribution < 1.29 is 37.0 Å². The topological polar surface area (TPSA) is 148 Å². The lowest BCUT2D eigenvalue weighted by atomic mass is 9.77. The molecule has 294 valence electrons. The highest BCUT2D eigenvalue weighted by molar-refractivity contribution is 6.31. The van der Waals surface area contributed by atoms with Crippen LogP contribution in [0.25, 0.3) is 0 Å². The monoisotopic (exact) mass is 783 g/mol. The average molecular weight is 784 g/mol. The van der Waals surface area contributed by atoms with Gasteiger partial charge in [0.2, 0.25) is 11.8 Å². The summed E-state index contributed by atoms with van der Waals surface area (Å²) in [4.78, 5) is 32.6. The third kappa shape index (κ3) is 8.62. The standard InChI is InChI=1S/C39H45ClF3N7O5/c1-37(2,3)55-36(52)46-20-23-18-31(40)38(50-35(23)54-5,24-13-15-44-16-14-24)28-8-6-7-27-26(28)10-11-30(27)48-33-29(39(41,42)43)17-22(34(49-33)53-4)19-45-21-25-9-12-32(51)47-25/h6-8,13-18,25,30,45,50H,9-12,19-21H2,1-5H3,(H,46,52)(H,47,51)(H,48,49)/t25-,30-,38?/m0/s1. The number of ether oxygens (including phenoxy) is 3. The Morgan fingerprint density at radius 1 is 1.05 bits per heavy atom. The number of carbonyl (C=O) groups excluding carboxylic acids is 2. The number of anilines is 1. The van der Waals surface area contributed by atoms with Crippen molar-refractivity contribution in [1.82, 2.24) is 31.2 Å². The molecule has 12 nitrogen and oxygen atoms in total. The summed E-state index contributed by atoms with van der Waals surface area (Å²) in [6.45, 7) is 5.83. The van der Waals surface area contributed by atoms with E-state index in [0.717, 1.165) is 28.3 Å². The van der Waals surface area contributed by atoms with Crippen LogP contribution in [0.4, 0.5) is 23.8 Å². The zero-order chi connectivity index (χ0) is 39.5. The second-order valence-corrected chi connectivity index (χ2v) is 15.0. The van der Waals surface area contributed by atoms with E-state index < -0.39 is 35.0 Å². The lowest BCUT2D eigenvalue weighted by molar-refractivity contribution is -0.137. The number of alkyl halides is 3. The molecule has 3 atom stereocenters. The lowest BCUT2D eigenvalue weighted by Crippen LogP contribution is -2.47. The molecule has 4 heterocycles. The Hall–Kier alpha value is -5.02. The summed E-state index contributed by atoms with van der Waals surface area (Å²) in [5, 5.41) is 15.7. The van der Waals surface area contributed by atoms with Crippen molar-refractivity contribution in [1.29, 1.82) is 0 Å². The van der Waals surface area contributed by atoms with Crippen LogP contribution in [-0.4, -0.2) is 60.9 Å². The van der Waals surface area contributed by atoms with Gasteiger partial charge in [0.1, 0.15) is 17.0 Å². The van der Waals surface area contributed by atoms with E-state index in [1.807, 2.05) is 30.3 Å². The van der Waals surface area contributed by atoms with E-state index in [9.17, 15) is 22.8 Å². The maximum absolute atomic E-state index is 14.6. The molecule has 0 bridgehead atoms. The molecule has 1 aromatic carbocycles. The van der Waals surface area contributed by atoms with Gasteiger partial charge in [-0.3, -0.25) is 9.78 Å². The molecule has 3 aromatic rings. The molecule has 0 spiro atoms. The molecular weight excluding hydrogens is 739 g/mol. The second kappa shape index (κ2) is 16.0. The molecule has 0 saturated carbocycles. The smallest absolute Gasteiger partial charge is 0.419 e. The Bertz CT molecular complexity index is 1990. The van der Waals surface area contributed by atoms with Crippen molar-refractivity contribution in [3.63, 3.8) is 0 Å². The van der Waals surface area contributed by atoms with Gasteiger partial charge < -0.3 is 40.8 Å². The maximum atomic E-state index is 14.6. The van der Waals surface area contributed by atoms with Gasteiger partial charge in [-0.2, -0.15) is 18.2 Å². The summed E-state index contributed by atoms with van der Waals surface area (Å²) in [5.74, 6) is 0.0279. The van der Waals surface area contributed by atoms with E-state index in [-0.39, 0.29) is 42.3 Å². The molecular formula is C39H45ClF3N7O5. The number of hydrogen-bond donors (Lipinski definition) is 5. The predicted octanol–water partition coefficient (Wildman–Crippen LogP) is 6.32. The maximum Gasteiger partial charge on any atom is 0.419 e. The Kier molecular flexibility index (Phi) is 11.5. The van der Waals surface area contributed by atoms with Crippen molar-refractivity contribution >= 4 is 29.4 Å². The first kappa shape index (κ1) is 39.7. The molecule has 1 saturated heterocycles. The Morgan fingerprint density at radius 3 is 2.47 bits per heavy atom. The summed E-state index contributed by atoms with van der Waals surface area (Å²) in [7, 11) is 2.87. The van der Waals surface area contributed by atoms with Gasteiger partial charge in [-0.25, -0.2) is 4.79 Å². The fraction of sp³-hybridized carbons (Fsp3) is 0.436. The SMILES string of the molecule is COC1=C(CNC(=O)OC(C)(C)C)C=C(Cl)C(c2ccncc2)(c2cccc3c2CC[C@@H]3Nc2nc(OC)c(CNC[C@@H]3CCC(=O)N3)cc2C(F)(F)F)N1. The summed E-state index contributed by atoms with van der Waals surface area (Å²) in [5.41, 5.74) is 1.22. The Morgan fingerprint density at radius 2 is 1.82 bits per heavy atom. The van der Waals surface area contributed by atoms with Gasteiger partial charge in [-0.1, -0.05) is 29.8 Å². The molecule has 1 fully saturated rings. The highest BCUT2D eigenvalue weighted by Crippen LogP contribution is 2.48. The Labute approximate surface area is 322 Å². The molecule has 2 amide bonds. The molecule has 2 aromatic heterocycles. The van der Waals surface area contributed by atoms with E-state index in [2.05, 4.69) is 36.6 Å². The van der Waals surface area contributed by atoms with E-state index in [0.29, 0.717) is 48.7 Å². The predicted molar refractivity (Wildman–Crippen MR) is 200 cm³/mol. The van der Waals surface area contributed by atoms with Crippen LogP contribution >= 0.6 is 11.6 Å². The lowest BCUT2D eigenvalue weighted by Gasteiger charge is -2.41. The minimum Gasteiger partial charge on any atom is -0.482 e. The summed E-state index contributed by atoms with van der Waals surface area (Å²) >= 11 is 7.27. The van der Waals surface area contributed by atoms with Crippen molar-refractivity contribution in [2.45, 2.75) is 82.4 Å². The number of aromatic nitrogens is 2. The molecule has 1 aliphatic carbocycles. The van der Waals surface area contributed by atoms with Crippen LogP contribution in [0.5, 0.6) is 5.88 Å². The molecule has 0 radical (unpaired) electrons. The molecule has 6 rings (SSSR count). The molecule has 3 aliphatic rings. The van der Waals surface area contributed by atoms with Gasteiger partial charge in [0.05, 0.1) is 37.4 Å². The van der Waals surface area contributed by atoms with Crippen LogP contribution in [0.2, 0.25) is 0 Å². The molecule has 55 heavy (non-hydrogen) atoms. The highest BCUT2D eigenvalue weighted by Gasteiger charge is 2.45. The quantitative estimate of drug-likeness (QED) is 0.141. The normalized spacial score (nSPS) is 21.0. The van der Waals surface area contributed by atoms with E-state index in [1.165, 1.54) is 14.2 Å². The minimum absolute atomic E-state index is 0.0427. The Balaban J connectivity index is 1.32. The fourth-order valence-electron chi connectivity index (χ4n) is 7.30. The number of alkyl carbamates (subject to hydrolysis) is 1. The summed E-state index contributed by atoms with van der Waals surface area (Å²) in [6, 6.07) is 9.76. The van der Waals surface area contributed by atoms with E-state index in [4.69, 9.17) is 25.8 Å². The third-order valence-electron chi connectivity index (χ3n) is 9.73. The largest absolute Gasteiger partial charge is 0.482 e. The van der Waals surface area contributed by atoms with Crippen molar-refractivity contribution in [2.24, 2.45) is 0 Å². The first-order valence-electron chi connectivity index (χ1n) is 18.0. The number of benzene rings is 1. The molecule has 16 heteroatoms. The number of rotatable bonds is 12.